The van der Waals surface area contributed by atoms with Crippen LogP contribution in [0.4, 0.5) is 10.1 Å². The van der Waals surface area contributed by atoms with E-state index in [1.165, 1.54) is 12.1 Å². The highest BCUT2D eigenvalue weighted by Crippen LogP contribution is 2.28. The largest absolute Gasteiger partial charge is 0.365 e. The molecule has 5 heteroatoms. The van der Waals surface area contributed by atoms with Crippen LogP contribution in [-0.4, -0.2) is 25.7 Å². The summed E-state index contributed by atoms with van der Waals surface area (Å²) in [5.41, 5.74) is 0.797. The molecule has 1 fully saturated rings. The van der Waals surface area contributed by atoms with Gasteiger partial charge in [0.1, 0.15) is 5.82 Å². The van der Waals surface area contributed by atoms with Gasteiger partial charge in [-0.15, -0.1) is 12.4 Å². The lowest BCUT2D eigenvalue weighted by molar-refractivity contribution is 0.499. The Morgan fingerprint density at radius 2 is 2.25 bits per heavy atom. The summed E-state index contributed by atoms with van der Waals surface area (Å²) in [6, 6.07) is 4.85. The molecular weight excluding hydrogens is 250 g/mol. The number of anilines is 1. The number of nitrogens with zero attached hydrogens (tertiary/aromatic N) is 1. The molecular formula is C11H15Cl2FN2. The zero-order valence-electron chi connectivity index (χ0n) is 9.04. The molecule has 2 nitrogen and oxygen atoms in total. The second kappa shape index (κ2) is 5.71. The van der Waals surface area contributed by atoms with Crippen LogP contribution in [0.3, 0.4) is 0 Å². The molecule has 2 rings (SSSR count). The van der Waals surface area contributed by atoms with Crippen molar-refractivity contribution in [2.45, 2.75) is 13.0 Å². The van der Waals surface area contributed by atoms with Crippen molar-refractivity contribution in [1.29, 1.82) is 0 Å². The van der Waals surface area contributed by atoms with E-state index in [9.17, 15) is 4.39 Å². The molecule has 0 saturated carbocycles. The molecule has 0 amide bonds. The lowest BCUT2D eigenvalue weighted by atomic mass is 10.2. The Hall–Kier alpha value is -0.510. The molecule has 0 bridgehead atoms. The number of hydrogen-bond acceptors (Lipinski definition) is 2. The summed E-state index contributed by atoms with van der Waals surface area (Å²) in [6.45, 7) is 4.79. The highest BCUT2D eigenvalue weighted by atomic mass is 35.5. The van der Waals surface area contributed by atoms with Gasteiger partial charge in [-0.1, -0.05) is 11.6 Å². The Kier molecular flexibility index (Phi) is 4.84. The van der Waals surface area contributed by atoms with Crippen LogP contribution in [-0.2, 0) is 0 Å². The molecule has 1 atom stereocenters. The van der Waals surface area contributed by atoms with E-state index in [2.05, 4.69) is 17.1 Å². The van der Waals surface area contributed by atoms with Crippen LogP contribution >= 0.6 is 24.0 Å². The van der Waals surface area contributed by atoms with Crippen LogP contribution in [0.5, 0.6) is 0 Å². The number of rotatable bonds is 1. The Labute approximate surface area is 106 Å². The average molecular weight is 265 g/mol. The lowest BCUT2D eigenvalue weighted by Gasteiger charge is -2.36. The van der Waals surface area contributed by atoms with Crippen molar-refractivity contribution >= 4 is 29.7 Å². The first-order valence-electron chi connectivity index (χ1n) is 5.11. The van der Waals surface area contributed by atoms with Crippen LogP contribution in [0, 0.1) is 5.82 Å². The van der Waals surface area contributed by atoms with Gasteiger partial charge in [0.15, 0.2) is 0 Å². The summed E-state index contributed by atoms with van der Waals surface area (Å²) >= 11 is 6.07. The van der Waals surface area contributed by atoms with Gasteiger partial charge in [0, 0.05) is 25.7 Å². The fourth-order valence-corrected chi connectivity index (χ4v) is 2.13. The molecule has 16 heavy (non-hydrogen) atoms. The molecule has 1 heterocycles. The number of halogens is 3. The van der Waals surface area contributed by atoms with Gasteiger partial charge in [-0.3, -0.25) is 0 Å². The third-order valence-electron chi connectivity index (χ3n) is 2.72. The van der Waals surface area contributed by atoms with Crippen LogP contribution in [0.2, 0.25) is 5.02 Å². The molecule has 1 aromatic rings. The highest BCUT2D eigenvalue weighted by Gasteiger charge is 2.20. The minimum Gasteiger partial charge on any atom is -0.365 e. The Morgan fingerprint density at radius 3 is 2.94 bits per heavy atom. The molecule has 1 aromatic carbocycles. The van der Waals surface area contributed by atoms with E-state index in [1.54, 1.807) is 6.07 Å². The average Bonchev–Trinajstić information content (AvgIpc) is 2.23. The second-order valence-electron chi connectivity index (χ2n) is 3.84. The predicted molar refractivity (Wildman–Crippen MR) is 68.3 cm³/mol. The highest BCUT2D eigenvalue weighted by molar-refractivity contribution is 6.33. The normalized spacial score (nSPS) is 20.4. The first kappa shape index (κ1) is 13.6. The van der Waals surface area contributed by atoms with E-state index >= 15 is 0 Å². The summed E-state index contributed by atoms with van der Waals surface area (Å²) in [7, 11) is 0. The molecule has 1 aliphatic heterocycles. The number of hydrogen-bond donors (Lipinski definition) is 1. The van der Waals surface area contributed by atoms with Crippen LogP contribution in [0.1, 0.15) is 6.92 Å². The first-order chi connectivity index (χ1) is 7.18. The summed E-state index contributed by atoms with van der Waals surface area (Å²) in [6.07, 6.45) is 0. The molecule has 0 spiro atoms. The first-order valence-corrected chi connectivity index (χ1v) is 5.48. The maximum absolute atomic E-state index is 13.1. The number of benzene rings is 1. The predicted octanol–water partition coefficient (Wildman–Crippen LogP) is 2.70. The molecule has 90 valence electrons. The van der Waals surface area contributed by atoms with Crippen molar-refractivity contribution in [3.05, 3.63) is 29.0 Å². The van der Waals surface area contributed by atoms with Crippen LogP contribution < -0.4 is 10.2 Å². The molecule has 0 unspecified atom stereocenters. The van der Waals surface area contributed by atoms with Gasteiger partial charge in [-0.05, 0) is 25.1 Å². The number of nitrogens with one attached hydrogen (secondary N) is 1. The monoisotopic (exact) mass is 264 g/mol. The third kappa shape index (κ3) is 2.78. The van der Waals surface area contributed by atoms with Gasteiger partial charge in [-0.2, -0.15) is 0 Å². The van der Waals surface area contributed by atoms with Gasteiger partial charge in [0.2, 0.25) is 0 Å². The fourth-order valence-electron chi connectivity index (χ4n) is 1.90. The van der Waals surface area contributed by atoms with Crippen molar-refractivity contribution in [1.82, 2.24) is 5.32 Å². The Morgan fingerprint density at radius 1 is 1.50 bits per heavy atom. The van der Waals surface area contributed by atoms with E-state index in [1.807, 2.05) is 0 Å². The molecule has 1 saturated heterocycles. The Balaban J connectivity index is 0.00000128. The van der Waals surface area contributed by atoms with E-state index in [-0.39, 0.29) is 18.2 Å². The summed E-state index contributed by atoms with van der Waals surface area (Å²) < 4.78 is 13.1. The molecule has 0 aliphatic carbocycles. The summed E-state index contributed by atoms with van der Waals surface area (Å²) in [5.74, 6) is -0.236. The van der Waals surface area contributed by atoms with E-state index in [0.717, 1.165) is 25.3 Å². The second-order valence-corrected chi connectivity index (χ2v) is 4.25. The maximum atomic E-state index is 13.1. The van der Waals surface area contributed by atoms with Crippen molar-refractivity contribution in [2.75, 3.05) is 24.5 Å². The van der Waals surface area contributed by atoms with E-state index in [4.69, 9.17) is 11.6 Å². The minimum absolute atomic E-state index is 0. The van der Waals surface area contributed by atoms with E-state index < -0.39 is 0 Å². The van der Waals surface area contributed by atoms with Gasteiger partial charge < -0.3 is 10.2 Å². The summed E-state index contributed by atoms with van der Waals surface area (Å²) in [4.78, 5) is 2.14. The standard InChI is InChI=1S/C11H14ClFN2.ClH/c1-8-7-14-4-5-15(8)11-6-9(13)2-3-10(11)12;/h2-3,6,8,14H,4-5,7H2,1H3;1H/t8-;/m0./s1. The minimum atomic E-state index is -0.236. The third-order valence-corrected chi connectivity index (χ3v) is 3.04. The Bertz CT molecular complexity index is 360. The smallest absolute Gasteiger partial charge is 0.125 e. The van der Waals surface area contributed by atoms with Gasteiger partial charge in [0.25, 0.3) is 0 Å². The SMILES string of the molecule is C[C@H]1CNCCN1c1cc(F)ccc1Cl.Cl. The molecule has 0 radical (unpaired) electrons. The molecule has 1 N–H and O–H groups in total. The fraction of sp³-hybridized carbons (Fsp3) is 0.455. The summed E-state index contributed by atoms with van der Waals surface area (Å²) in [5, 5.41) is 3.91. The van der Waals surface area contributed by atoms with Crippen LogP contribution in [0.15, 0.2) is 18.2 Å². The maximum Gasteiger partial charge on any atom is 0.125 e. The van der Waals surface area contributed by atoms with E-state index in [0.29, 0.717) is 11.1 Å². The van der Waals surface area contributed by atoms with Gasteiger partial charge in [0.05, 0.1) is 10.7 Å². The van der Waals surface area contributed by atoms with Crippen molar-refractivity contribution in [3.63, 3.8) is 0 Å². The van der Waals surface area contributed by atoms with Crippen LogP contribution in [0.25, 0.3) is 0 Å². The van der Waals surface area contributed by atoms with Gasteiger partial charge >= 0.3 is 0 Å². The molecule has 0 aromatic heterocycles. The lowest BCUT2D eigenvalue weighted by Crippen LogP contribution is -2.50. The zero-order chi connectivity index (χ0) is 10.8. The van der Waals surface area contributed by atoms with Crippen molar-refractivity contribution < 1.29 is 4.39 Å². The topological polar surface area (TPSA) is 15.3 Å². The van der Waals surface area contributed by atoms with Gasteiger partial charge in [-0.25, -0.2) is 4.39 Å². The number of piperazine rings is 1. The molecule has 1 aliphatic rings. The quantitative estimate of drug-likeness (QED) is 0.839. The van der Waals surface area contributed by atoms with Crippen molar-refractivity contribution in [3.8, 4) is 0 Å². The van der Waals surface area contributed by atoms with Crippen molar-refractivity contribution in [2.24, 2.45) is 0 Å². The zero-order valence-corrected chi connectivity index (χ0v) is 10.6.